The Balaban J connectivity index is 1.76. The maximum Gasteiger partial charge on any atom is 0.134 e. The Hall–Kier alpha value is -1.15. The van der Waals surface area contributed by atoms with E-state index in [2.05, 4.69) is 42.2 Å². The second kappa shape index (κ2) is 5.46. The standard InChI is InChI=1S/C17H23NO/c1-2-16-14-8-9-18(17(16)11-15(19)10-14)12-13-6-4-3-5-7-13/h3-7,14,16-17H,2,8-12H2,1H3/t14-,16+,17+/m1/s1. The summed E-state index contributed by atoms with van der Waals surface area (Å²) in [7, 11) is 0. The Kier molecular flexibility index (Phi) is 3.69. The van der Waals surface area contributed by atoms with Gasteiger partial charge in [-0.15, -0.1) is 0 Å². The number of ketones is 1. The van der Waals surface area contributed by atoms with Gasteiger partial charge in [-0.2, -0.15) is 0 Å². The zero-order valence-corrected chi connectivity index (χ0v) is 11.7. The van der Waals surface area contributed by atoms with Crippen molar-refractivity contribution in [3.05, 3.63) is 35.9 Å². The van der Waals surface area contributed by atoms with E-state index in [0.29, 0.717) is 17.7 Å². The van der Waals surface area contributed by atoms with Gasteiger partial charge >= 0.3 is 0 Å². The van der Waals surface area contributed by atoms with Crippen LogP contribution in [-0.2, 0) is 11.3 Å². The van der Waals surface area contributed by atoms with Gasteiger partial charge in [0.2, 0.25) is 0 Å². The zero-order chi connectivity index (χ0) is 13.2. The van der Waals surface area contributed by atoms with Crippen molar-refractivity contribution in [2.24, 2.45) is 11.8 Å². The predicted octanol–water partition coefficient (Wildman–Crippen LogP) is 3.27. The van der Waals surface area contributed by atoms with Crippen LogP contribution in [0, 0.1) is 11.8 Å². The largest absolute Gasteiger partial charge is 0.300 e. The lowest BCUT2D eigenvalue weighted by atomic mass is 9.69. The van der Waals surface area contributed by atoms with Crippen molar-refractivity contribution in [2.45, 2.75) is 45.2 Å². The van der Waals surface area contributed by atoms with Gasteiger partial charge in [-0.1, -0.05) is 43.7 Å². The molecule has 19 heavy (non-hydrogen) atoms. The highest BCUT2D eigenvalue weighted by molar-refractivity contribution is 5.80. The van der Waals surface area contributed by atoms with Crippen LogP contribution >= 0.6 is 0 Å². The molecule has 1 aromatic rings. The van der Waals surface area contributed by atoms with Gasteiger partial charge in [0.25, 0.3) is 0 Å². The molecule has 2 fully saturated rings. The molecule has 0 amide bonds. The molecule has 2 aliphatic rings. The Labute approximate surface area is 115 Å². The number of nitrogens with zero attached hydrogens (tertiary/aromatic N) is 1. The Bertz CT molecular complexity index is 442. The van der Waals surface area contributed by atoms with Gasteiger partial charge in [0.15, 0.2) is 0 Å². The Morgan fingerprint density at radius 1 is 1.21 bits per heavy atom. The van der Waals surface area contributed by atoms with Crippen LogP contribution in [0.15, 0.2) is 30.3 Å². The molecule has 3 atom stereocenters. The average molecular weight is 257 g/mol. The van der Waals surface area contributed by atoms with E-state index < -0.39 is 0 Å². The first-order chi connectivity index (χ1) is 9.28. The minimum absolute atomic E-state index is 0.484. The average Bonchev–Trinajstić information content (AvgIpc) is 2.42. The quantitative estimate of drug-likeness (QED) is 0.828. The number of piperidine rings is 1. The third-order valence-corrected chi connectivity index (χ3v) is 4.98. The lowest BCUT2D eigenvalue weighted by Gasteiger charge is -2.48. The molecule has 1 saturated heterocycles. The Morgan fingerprint density at radius 3 is 2.74 bits per heavy atom. The van der Waals surface area contributed by atoms with E-state index in [-0.39, 0.29) is 0 Å². The number of carbonyl (C=O) groups excluding carboxylic acids is 1. The molecule has 2 bridgehead atoms. The van der Waals surface area contributed by atoms with Gasteiger partial charge in [0.1, 0.15) is 5.78 Å². The maximum absolute atomic E-state index is 11.9. The first-order valence-electron chi connectivity index (χ1n) is 7.57. The summed E-state index contributed by atoms with van der Waals surface area (Å²) in [5.74, 6) is 1.87. The first kappa shape index (κ1) is 12.9. The summed E-state index contributed by atoms with van der Waals surface area (Å²) >= 11 is 0. The summed E-state index contributed by atoms with van der Waals surface area (Å²) in [6, 6.07) is 11.1. The molecule has 1 aromatic carbocycles. The van der Waals surface area contributed by atoms with Crippen LogP contribution in [0.1, 0.15) is 38.2 Å². The molecule has 1 saturated carbocycles. The number of Topliss-reactive ketones (excluding diaryl/α,β-unsaturated/α-hetero) is 1. The molecule has 3 rings (SSSR count). The first-order valence-corrected chi connectivity index (χ1v) is 7.57. The molecular weight excluding hydrogens is 234 g/mol. The molecular formula is C17H23NO. The van der Waals surface area contributed by atoms with Crippen LogP contribution in [0.5, 0.6) is 0 Å². The van der Waals surface area contributed by atoms with E-state index in [1.54, 1.807) is 0 Å². The monoisotopic (exact) mass is 257 g/mol. The van der Waals surface area contributed by atoms with Crippen LogP contribution in [0.2, 0.25) is 0 Å². The maximum atomic E-state index is 11.9. The van der Waals surface area contributed by atoms with Crippen molar-refractivity contribution in [2.75, 3.05) is 6.54 Å². The fourth-order valence-corrected chi connectivity index (χ4v) is 4.06. The van der Waals surface area contributed by atoms with E-state index in [0.717, 1.165) is 31.8 Å². The highest BCUT2D eigenvalue weighted by Gasteiger charge is 2.42. The molecule has 1 aliphatic heterocycles. The van der Waals surface area contributed by atoms with Crippen LogP contribution in [-0.4, -0.2) is 23.3 Å². The fourth-order valence-electron chi connectivity index (χ4n) is 4.06. The Morgan fingerprint density at radius 2 is 2.00 bits per heavy atom. The molecule has 1 heterocycles. The van der Waals surface area contributed by atoms with E-state index >= 15 is 0 Å². The third-order valence-electron chi connectivity index (χ3n) is 4.98. The highest BCUT2D eigenvalue weighted by atomic mass is 16.1. The topological polar surface area (TPSA) is 20.3 Å². The van der Waals surface area contributed by atoms with Crippen LogP contribution < -0.4 is 0 Å². The number of rotatable bonds is 3. The number of benzene rings is 1. The second-order valence-electron chi connectivity index (χ2n) is 6.09. The van der Waals surface area contributed by atoms with E-state index in [4.69, 9.17) is 0 Å². The number of hydrogen-bond donors (Lipinski definition) is 0. The molecule has 0 aromatic heterocycles. The SMILES string of the molecule is CC[C@H]1[C@@H]2CCN(Cc3ccccc3)[C@H]1CC(=O)C2. The lowest BCUT2D eigenvalue weighted by Crippen LogP contribution is -2.52. The van der Waals surface area contributed by atoms with Gasteiger partial charge < -0.3 is 0 Å². The number of hydrogen-bond acceptors (Lipinski definition) is 2. The smallest absolute Gasteiger partial charge is 0.134 e. The summed E-state index contributed by atoms with van der Waals surface area (Å²) < 4.78 is 0. The summed E-state index contributed by atoms with van der Waals surface area (Å²) in [6.45, 7) is 4.45. The van der Waals surface area contributed by atoms with Crippen molar-refractivity contribution < 1.29 is 4.79 Å². The van der Waals surface area contributed by atoms with Gasteiger partial charge in [0.05, 0.1) is 0 Å². The third kappa shape index (κ3) is 2.59. The molecule has 102 valence electrons. The second-order valence-corrected chi connectivity index (χ2v) is 6.09. The summed E-state index contributed by atoms with van der Waals surface area (Å²) in [5, 5.41) is 0. The lowest BCUT2D eigenvalue weighted by molar-refractivity contribution is -0.128. The van der Waals surface area contributed by atoms with Crippen molar-refractivity contribution in [1.29, 1.82) is 0 Å². The van der Waals surface area contributed by atoms with Crippen molar-refractivity contribution >= 4 is 5.78 Å². The number of fused-ring (bicyclic) bond motifs is 2. The van der Waals surface area contributed by atoms with Crippen LogP contribution in [0.3, 0.4) is 0 Å². The van der Waals surface area contributed by atoms with Crippen LogP contribution in [0.4, 0.5) is 0 Å². The van der Waals surface area contributed by atoms with Crippen molar-refractivity contribution in [1.82, 2.24) is 4.90 Å². The van der Waals surface area contributed by atoms with E-state index in [1.807, 2.05) is 0 Å². The summed E-state index contributed by atoms with van der Waals surface area (Å²) in [4.78, 5) is 14.5. The molecule has 0 unspecified atom stereocenters. The fraction of sp³-hybridized carbons (Fsp3) is 0.588. The highest BCUT2D eigenvalue weighted by Crippen LogP contribution is 2.40. The molecule has 0 N–H and O–H groups in total. The zero-order valence-electron chi connectivity index (χ0n) is 11.7. The normalized spacial score (nSPS) is 31.4. The predicted molar refractivity (Wildman–Crippen MR) is 76.8 cm³/mol. The van der Waals surface area contributed by atoms with Gasteiger partial charge in [-0.25, -0.2) is 0 Å². The summed E-state index contributed by atoms with van der Waals surface area (Å²) in [6.07, 6.45) is 4.04. The minimum Gasteiger partial charge on any atom is -0.300 e. The molecule has 2 heteroatoms. The van der Waals surface area contributed by atoms with Gasteiger partial charge in [0, 0.05) is 25.4 Å². The van der Waals surface area contributed by atoms with Gasteiger partial charge in [-0.05, 0) is 30.4 Å². The molecule has 0 radical (unpaired) electrons. The molecule has 0 spiro atoms. The number of carbonyl (C=O) groups is 1. The van der Waals surface area contributed by atoms with E-state index in [1.165, 1.54) is 18.4 Å². The molecule has 2 nitrogen and oxygen atoms in total. The number of likely N-dealkylation sites (tertiary alicyclic amines) is 1. The van der Waals surface area contributed by atoms with Crippen molar-refractivity contribution in [3.63, 3.8) is 0 Å². The van der Waals surface area contributed by atoms with Crippen molar-refractivity contribution in [3.8, 4) is 0 Å². The van der Waals surface area contributed by atoms with Crippen LogP contribution in [0.25, 0.3) is 0 Å². The summed E-state index contributed by atoms with van der Waals surface area (Å²) in [5.41, 5.74) is 1.37. The van der Waals surface area contributed by atoms with Gasteiger partial charge in [-0.3, -0.25) is 9.69 Å². The molecule has 1 aliphatic carbocycles. The minimum atomic E-state index is 0.484. The van der Waals surface area contributed by atoms with E-state index in [9.17, 15) is 4.79 Å².